The number of anilines is 1. The summed E-state index contributed by atoms with van der Waals surface area (Å²) in [4.78, 5) is 29.4. The Labute approximate surface area is 138 Å². The van der Waals surface area contributed by atoms with Gasteiger partial charge in [0.15, 0.2) is 6.04 Å². The molecule has 0 aliphatic carbocycles. The number of hydrogen-bond acceptors (Lipinski definition) is 4. The van der Waals surface area contributed by atoms with E-state index in [1.165, 1.54) is 11.8 Å². The molecular formula is C17H15N3O2S. The van der Waals surface area contributed by atoms with E-state index in [9.17, 15) is 9.59 Å². The molecular weight excluding hydrogens is 310 g/mol. The van der Waals surface area contributed by atoms with Crippen LogP contribution in [0.15, 0.2) is 59.6 Å². The van der Waals surface area contributed by atoms with Gasteiger partial charge < -0.3 is 10.6 Å². The number of carbonyl (C=O) groups is 2. The largest absolute Gasteiger partial charge is 0.335 e. The molecule has 2 aromatic carbocycles. The topological polar surface area (TPSA) is 70.6 Å². The third-order valence-electron chi connectivity index (χ3n) is 3.42. The van der Waals surface area contributed by atoms with E-state index >= 15 is 0 Å². The molecule has 1 atom stereocenters. The second-order valence-electron chi connectivity index (χ2n) is 4.93. The Kier molecular flexibility index (Phi) is 4.43. The molecule has 0 fully saturated rings. The summed E-state index contributed by atoms with van der Waals surface area (Å²) in [5.41, 5.74) is 1.82. The van der Waals surface area contributed by atoms with Crippen LogP contribution in [0, 0.1) is 0 Å². The predicted molar refractivity (Wildman–Crippen MR) is 93.4 cm³/mol. The molecule has 0 aromatic heterocycles. The zero-order chi connectivity index (χ0) is 16.2. The third-order valence-corrected chi connectivity index (χ3v) is 4.17. The molecule has 2 N–H and O–H groups in total. The van der Waals surface area contributed by atoms with E-state index in [4.69, 9.17) is 0 Å². The Balaban J connectivity index is 1.90. The summed E-state index contributed by atoms with van der Waals surface area (Å²) in [7, 11) is 0. The number of carbonyl (C=O) groups excluding carboxylic acids is 2. The molecule has 0 saturated heterocycles. The second kappa shape index (κ2) is 6.66. The zero-order valence-corrected chi connectivity index (χ0v) is 13.3. The Bertz CT molecular complexity index is 774. The first-order valence-corrected chi connectivity index (χ1v) is 8.30. The lowest BCUT2D eigenvalue weighted by atomic mass is 10.2. The number of fused-ring (bicyclic) bond motifs is 1. The van der Waals surface area contributed by atoms with Crippen molar-refractivity contribution in [2.45, 2.75) is 6.04 Å². The van der Waals surface area contributed by atoms with Crippen molar-refractivity contribution in [1.29, 1.82) is 0 Å². The Morgan fingerprint density at radius 1 is 1.13 bits per heavy atom. The number of nitrogens with zero attached hydrogens (tertiary/aromatic N) is 1. The van der Waals surface area contributed by atoms with Crippen LogP contribution < -0.4 is 10.6 Å². The number of rotatable bonds is 2. The van der Waals surface area contributed by atoms with Gasteiger partial charge in [0, 0.05) is 5.56 Å². The number of nitrogens with one attached hydrogen (secondary N) is 2. The number of aliphatic imine (C=N–C) groups is 1. The summed E-state index contributed by atoms with van der Waals surface area (Å²) >= 11 is 1.35. The fraction of sp³-hybridized carbons (Fsp3) is 0.118. The molecule has 0 saturated carbocycles. The van der Waals surface area contributed by atoms with Gasteiger partial charge in [-0.15, -0.1) is 11.8 Å². The van der Waals surface area contributed by atoms with Crippen LogP contribution in [-0.2, 0) is 4.79 Å². The fourth-order valence-electron chi connectivity index (χ4n) is 2.27. The highest BCUT2D eigenvalue weighted by Crippen LogP contribution is 2.29. The lowest BCUT2D eigenvalue weighted by Gasteiger charge is -2.16. The van der Waals surface area contributed by atoms with Crippen molar-refractivity contribution < 1.29 is 9.59 Å². The first-order valence-electron chi connectivity index (χ1n) is 7.07. The first kappa shape index (κ1) is 15.3. The van der Waals surface area contributed by atoms with Crippen LogP contribution in [-0.4, -0.2) is 29.2 Å². The summed E-state index contributed by atoms with van der Waals surface area (Å²) in [5.74, 6) is -0.606. The van der Waals surface area contributed by atoms with Crippen LogP contribution >= 0.6 is 11.8 Å². The first-order chi connectivity index (χ1) is 11.2. The Morgan fingerprint density at radius 2 is 1.83 bits per heavy atom. The minimum Gasteiger partial charge on any atom is -0.335 e. The normalized spacial score (nSPS) is 16.7. The molecule has 1 unspecified atom stereocenters. The summed E-state index contributed by atoms with van der Waals surface area (Å²) in [6, 6.07) is 15.3. The molecule has 0 bridgehead atoms. The van der Waals surface area contributed by atoms with Crippen molar-refractivity contribution in [2.75, 3.05) is 11.6 Å². The number of amides is 2. The monoisotopic (exact) mass is 325 g/mol. The third kappa shape index (κ3) is 3.27. The van der Waals surface area contributed by atoms with E-state index in [-0.39, 0.29) is 11.8 Å². The van der Waals surface area contributed by atoms with Crippen LogP contribution in [0.1, 0.15) is 10.4 Å². The summed E-state index contributed by atoms with van der Waals surface area (Å²) in [6.45, 7) is 0. The summed E-state index contributed by atoms with van der Waals surface area (Å²) in [6.07, 6.45) is 1.84. The number of hydrogen-bond donors (Lipinski definition) is 2. The SMILES string of the molecule is CSC1=Nc2ccccc2NC(=O)C1NC(=O)c1ccccc1. The highest BCUT2D eigenvalue weighted by Gasteiger charge is 2.29. The van der Waals surface area contributed by atoms with Crippen LogP contribution in [0.2, 0.25) is 0 Å². The molecule has 5 nitrogen and oxygen atoms in total. The quantitative estimate of drug-likeness (QED) is 0.892. The van der Waals surface area contributed by atoms with Gasteiger partial charge in [-0.05, 0) is 30.5 Å². The van der Waals surface area contributed by atoms with Gasteiger partial charge in [-0.3, -0.25) is 9.59 Å². The Morgan fingerprint density at radius 3 is 2.57 bits per heavy atom. The molecule has 3 rings (SSSR count). The van der Waals surface area contributed by atoms with Crippen LogP contribution in [0.5, 0.6) is 0 Å². The van der Waals surface area contributed by atoms with Gasteiger partial charge in [-0.2, -0.15) is 0 Å². The lowest BCUT2D eigenvalue weighted by molar-refractivity contribution is -0.116. The molecule has 23 heavy (non-hydrogen) atoms. The van der Waals surface area contributed by atoms with E-state index in [0.29, 0.717) is 22.0 Å². The molecule has 2 aromatic rings. The van der Waals surface area contributed by atoms with E-state index in [1.807, 2.05) is 30.5 Å². The van der Waals surface area contributed by atoms with Gasteiger partial charge in [0.25, 0.3) is 11.8 Å². The van der Waals surface area contributed by atoms with Gasteiger partial charge in [0.05, 0.1) is 11.4 Å². The van der Waals surface area contributed by atoms with Crippen molar-refractivity contribution in [1.82, 2.24) is 5.32 Å². The minimum absolute atomic E-state index is 0.299. The van der Waals surface area contributed by atoms with Gasteiger partial charge >= 0.3 is 0 Å². The van der Waals surface area contributed by atoms with Crippen molar-refractivity contribution in [3.05, 3.63) is 60.2 Å². The minimum atomic E-state index is -0.815. The van der Waals surface area contributed by atoms with E-state index < -0.39 is 6.04 Å². The molecule has 2 amide bonds. The fourth-order valence-corrected chi connectivity index (χ4v) is 2.86. The smallest absolute Gasteiger partial charge is 0.253 e. The highest BCUT2D eigenvalue weighted by atomic mass is 32.2. The van der Waals surface area contributed by atoms with Crippen molar-refractivity contribution in [3.63, 3.8) is 0 Å². The molecule has 1 heterocycles. The van der Waals surface area contributed by atoms with Crippen molar-refractivity contribution in [3.8, 4) is 0 Å². The van der Waals surface area contributed by atoms with Crippen molar-refractivity contribution in [2.24, 2.45) is 4.99 Å². The lowest BCUT2D eigenvalue weighted by Crippen LogP contribution is -2.47. The Hall–Kier alpha value is -2.60. The highest BCUT2D eigenvalue weighted by molar-refractivity contribution is 8.13. The van der Waals surface area contributed by atoms with Gasteiger partial charge in [-0.1, -0.05) is 30.3 Å². The van der Waals surface area contributed by atoms with Gasteiger partial charge in [0.2, 0.25) is 0 Å². The van der Waals surface area contributed by atoms with Gasteiger partial charge in [0.1, 0.15) is 5.04 Å². The van der Waals surface area contributed by atoms with E-state index in [1.54, 1.807) is 30.3 Å². The average Bonchev–Trinajstić information content (AvgIpc) is 2.72. The van der Waals surface area contributed by atoms with Crippen molar-refractivity contribution >= 4 is 40.0 Å². The van der Waals surface area contributed by atoms with Gasteiger partial charge in [-0.25, -0.2) is 4.99 Å². The zero-order valence-electron chi connectivity index (χ0n) is 12.4. The second-order valence-corrected chi connectivity index (χ2v) is 5.76. The molecule has 6 heteroatoms. The number of benzene rings is 2. The van der Waals surface area contributed by atoms with Crippen LogP contribution in [0.4, 0.5) is 11.4 Å². The predicted octanol–water partition coefficient (Wildman–Crippen LogP) is 2.83. The maximum absolute atomic E-state index is 12.5. The molecule has 116 valence electrons. The molecule has 0 radical (unpaired) electrons. The number of thioether (sulfide) groups is 1. The van der Waals surface area contributed by atoms with E-state index in [0.717, 1.165) is 0 Å². The molecule has 1 aliphatic heterocycles. The summed E-state index contributed by atoms with van der Waals surface area (Å²) in [5, 5.41) is 6.12. The summed E-state index contributed by atoms with van der Waals surface area (Å²) < 4.78 is 0. The maximum Gasteiger partial charge on any atom is 0.253 e. The maximum atomic E-state index is 12.5. The van der Waals surface area contributed by atoms with E-state index in [2.05, 4.69) is 15.6 Å². The van der Waals surface area contributed by atoms with Crippen LogP contribution in [0.3, 0.4) is 0 Å². The number of para-hydroxylation sites is 2. The standard InChI is InChI=1S/C17H15N3O2S/c1-23-17-14(20-15(21)11-7-3-2-4-8-11)16(22)18-12-9-5-6-10-13(12)19-17/h2-10,14H,1H3,(H,18,22)(H,20,21). The average molecular weight is 325 g/mol. The molecule has 1 aliphatic rings. The molecule has 0 spiro atoms. The van der Waals surface area contributed by atoms with Crippen LogP contribution in [0.25, 0.3) is 0 Å².